The van der Waals surface area contributed by atoms with Crippen LogP contribution >= 0.6 is 11.6 Å². The van der Waals surface area contributed by atoms with E-state index in [1.54, 1.807) is 0 Å². The second kappa shape index (κ2) is 5.53. The van der Waals surface area contributed by atoms with Gasteiger partial charge in [0.2, 0.25) is 0 Å². The minimum Gasteiger partial charge on any atom is -0.397 e. The maximum Gasteiger partial charge on any atom is 0.271 e. The van der Waals surface area contributed by atoms with E-state index in [1.165, 1.54) is 6.33 Å². The molecule has 4 N–H and O–H groups in total. The van der Waals surface area contributed by atoms with Crippen LogP contribution in [0.25, 0.3) is 0 Å². The highest BCUT2D eigenvalue weighted by Gasteiger charge is 2.18. The summed E-state index contributed by atoms with van der Waals surface area (Å²) < 4.78 is 0. The molecule has 9 nitrogen and oxygen atoms in total. The fourth-order valence-corrected chi connectivity index (χ4v) is 1.69. The van der Waals surface area contributed by atoms with Gasteiger partial charge in [-0.1, -0.05) is 11.6 Å². The van der Waals surface area contributed by atoms with Gasteiger partial charge in [0.25, 0.3) is 11.6 Å². The van der Waals surface area contributed by atoms with Gasteiger partial charge >= 0.3 is 0 Å². The number of aromatic amines is 1. The molecule has 0 saturated carbocycles. The van der Waals surface area contributed by atoms with Crippen LogP contribution < -0.4 is 11.1 Å². The normalized spacial score (nSPS) is 10.2. The van der Waals surface area contributed by atoms with E-state index in [4.69, 9.17) is 17.3 Å². The van der Waals surface area contributed by atoms with E-state index in [0.717, 1.165) is 12.1 Å². The number of benzene rings is 1. The average molecular weight is 297 g/mol. The number of carbonyl (C=O) groups excluding carboxylic acids is 1. The molecule has 1 heterocycles. The summed E-state index contributed by atoms with van der Waals surface area (Å²) in [5.41, 5.74) is 5.25. The number of nitrogens with two attached hydrogens (primary N) is 1. The van der Waals surface area contributed by atoms with Crippen molar-refractivity contribution in [2.45, 2.75) is 6.54 Å². The van der Waals surface area contributed by atoms with Crippen molar-refractivity contribution in [3.63, 3.8) is 0 Å². The van der Waals surface area contributed by atoms with Crippen molar-refractivity contribution in [3.8, 4) is 0 Å². The number of anilines is 1. The minimum absolute atomic E-state index is 0.0210. The molecule has 1 aromatic carbocycles. The van der Waals surface area contributed by atoms with Gasteiger partial charge in [0, 0.05) is 12.1 Å². The summed E-state index contributed by atoms with van der Waals surface area (Å²) in [5, 5.41) is 19.4. The highest BCUT2D eigenvalue weighted by molar-refractivity contribution is 6.34. The Hall–Kier alpha value is -2.68. The second-order valence-electron chi connectivity index (χ2n) is 3.76. The molecule has 20 heavy (non-hydrogen) atoms. The monoisotopic (exact) mass is 296 g/mol. The van der Waals surface area contributed by atoms with Gasteiger partial charge in [-0.3, -0.25) is 20.0 Å². The summed E-state index contributed by atoms with van der Waals surface area (Å²) in [4.78, 5) is 25.9. The van der Waals surface area contributed by atoms with Crippen molar-refractivity contribution in [1.29, 1.82) is 0 Å². The van der Waals surface area contributed by atoms with Crippen LogP contribution in [0, 0.1) is 10.1 Å². The maximum absolute atomic E-state index is 12.0. The SMILES string of the molecule is Nc1c(Cl)cc([N+](=O)[O-])cc1C(=O)NCc1ncn[nH]1. The van der Waals surface area contributed by atoms with E-state index in [-0.39, 0.29) is 28.5 Å². The number of carbonyl (C=O) groups is 1. The number of nitro groups is 1. The molecular weight excluding hydrogens is 288 g/mol. The van der Waals surface area contributed by atoms with Crippen LogP contribution in [-0.2, 0) is 6.54 Å². The predicted molar refractivity (Wildman–Crippen MR) is 70.1 cm³/mol. The highest BCUT2D eigenvalue weighted by atomic mass is 35.5. The first-order valence-corrected chi connectivity index (χ1v) is 5.72. The number of hydrogen-bond acceptors (Lipinski definition) is 6. The highest BCUT2D eigenvalue weighted by Crippen LogP contribution is 2.28. The molecule has 0 saturated heterocycles. The fraction of sp³-hybridized carbons (Fsp3) is 0.100. The number of halogens is 1. The predicted octanol–water partition coefficient (Wildman–Crippen LogP) is 0.878. The zero-order valence-electron chi connectivity index (χ0n) is 9.96. The van der Waals surface area contributed by atoms with Crippen molar-refractivity contribution in [2.24, 2.45) is 0 Å². The molecule has 1 amide bonds. The van der Waals surface area contributed by atoms with Crippen molar-refractivity contribution in [1.82, 2.24) is 20.5 Å². The lowest BCUT2D eigenvalue weighted by molar-refractivity contribution is -0.384. The van der Waals surface area contributed by atoms with E-state index < -0.39 is 10.8 Å². The zero-order valence-corrected chi connectivity index (χ0v) is 10.7. The number of nitrogens with zero attached hydrogens (tertiary/aromatic N) is 3. The van der Waals surface area contributed by atoms with Gasteiger partial charge in [-0.25, -0.2) is 4.98 Å². The lowest BCUT2D eigenvalue weighted by atomic mass is 10.1. The minimum atomic E-state index is -0.654. The molecule has 104 valence electrons. The first kappa shape index (κ1) is 13.7. The van der Waals surface area contributed by atoms with Gasteiger partial charge in [0.05, 0.1) is 27.7 Å². The summed E-state index contributed by atoms with van der Waals surface area (Å²) in [6, 6.07) is 2.15. The molecule has 10 heteroatoms. The first-order chi connectivity index (χ1) is 9.49. The maximum atomic E-state index is 12.0. The quantitative estimate of drug-likeness (QED) is 0.434. The first-order valence-electron chi connectivity index (χ1n) is 5.35. The van der Waals surface area contributed by atoms with Gasteiger partial charge in [0.1, 0.15) is 12.2 Å². The van der Waals surface area contributed by atoms with Crippen molar-refractivity contribution in [2.75, 3.05) is 5.73 Å². The van der Waals surface area contributed by atoms with Crippen LogP contribution in [0.2, 0.25) is 5.02 Å². The van der Waals surface area contributed by atoms with Crippen molar-refractivity contribution in [3.05, 3.63) is 45.0 Å². The number of nitrogens with one attached hydrogen (secondary N) is 2. The number of amides is 1. The number of non-ortho nitro benzene ring substituents is 1. The fourth-order valence-electron chi connectivity index (χ4n) is 1.47. The zero-order chi connectivity index (χ0) is 14.7. The average Bonchev–Trinajstić information content (AvgIpc) is 2.92. The molecular formula is C10H9ClN6O3. The summed E-state index contributed by atoms with van der Waals surface area (Å²) in [7, 11) is 0. The van der Waals surface area contributed by atoms with Gasteiger partial charge < -0.3 is 11.1 Å². The molecule has 0 bridgehead atoms. The molecule has 0 aliphatic heterocycles. The number of nitrogen functional groups attached to an aromatic ring is 1. The molecule has 0 unspecified atom stereocenters. The van der Waals surface area contributed by atoms with Gasteiger partial charge in [-0.05, 0) is 0 Å². The van der Waals surface area contributed by atoms with Crippen LogP contribution in [0.5, 0.6) is 0 Å². The van der Waals surface area contributed by atoms with Gasteiger partial charge in [0.15, 0.2) is 0 Å². The Labute approximate surface area is 117 Å². The molecule has 0 radical (unpaired) electrons. The van der Waals surface area contributed by atoms with Crippen molar-refractivity contribution < 1.29 is 9.72 Å². The van der Waals surface area contributed by atoms with E-state index in [0.29, 0.717) is 5.82 Å². The second-order valence-corrected chi connectivity index (χ2v) is 4.17. The third-order valence-corrected chi connectivity index (χ3v) is 2.76. The third kappa shape index (κ3) is 2.83. The van der Waals surface area contributed by atoms with E-state index in [2.05, 4.69) is 20.5 Å². The lowest BCUT2D eigenvalue weighted by Crippen LogP contribution is -2.24. The Morgan fingerprint density at radius 1 is 1.55 bits per heavy atom. The molecule has 2 aromatic rings. The summed E-state index contributed by atoms with van der Waals surface area (Å²) in [6.45, 7) is 0.0819. The molecule has 0 aliphatic rings. The molecule has 0 atom stereocenters. The molecule has 0 fully saturated rings. The van der Waals surface area contributed by atoms with Crippen LogP contribution in [0.1, 0.15) is 16.2 Å². The van der Waals surface area contributed by atoms with Gasteiger partial charge in [-0.2, -0.15) is 5.10 Å². The lowest BCUT2D eigenvalue weighted by Gasteiger charge is -2.07. The van der Waals surface area contributed by atoms with E-state index >= 15 is 0 Å². The number of aromatic nitrogens is 3. The summed E-state index contributed by atoms with van der Waals surface area (Å²) in [5.74, 6) is -0.155. The van der Waals surface area contributed by atoms with E-state index in [9.17, 15) is 14.9 Å². The molecule has 1 aromatic heterocycles. The Balaban J connectivity index is 2.22. The van der Waals surface area contributed by atoms with Crippen molar-refractivity contribution >= 4 is 28.9 Å². The van der Waals surface area contributed by atoms with Crippen LogP contribution in [0.15, 0.2) is 18.5 Å². The van der Waals surface area contributed by atoms with Crippen LogP contribution in [-0.4, -0.2) is 26.0 Å². The Morgan fingerprint density at radius 3 is 2.90 bits per heavy atom. The number of rotatable bonds is 4. The number of nitro benzene ring substituents is 1. The number of hydrogen-bond donors (Lipinski definition) is 3. The van der Waals surface area contributed by atoms with Crippen LogP contribution in [0.4, 0.5) is 11.4 Å². The molecule has 0 aliphatic carbocycles. The standard InChI is InChI=1S/C10H9ClN6O3/c11-7-2-5(17(19)20)1-6(9(7)12)10(18)13-3-8-14-4-15-16-8/h1-2,4H,3,12H2,(H,13,18)(H,14,15,16). The number of H-pyrrole nitrogens is 1. The third-order valence-electron chi connectivity index (χ3n) is 2.45. The topological polar surface area (TPSA) is 140 Å². The Bertz CT molecular complexity index is 657. The van der Waals surface area contributed by atoms with E-state index in [1.807, 2.05) is 0 Å². The smallest absolute Gasteiger partial charge is 0.271 e. The summed E-state index contributed by atoms with van der Waals surface area (Å²) in [6.07, 6.45) is 1.29. The largest absolute Gasteiger partial charge is 0.397 e. The molecule has 2 rings (SSSR count). The molecule has 0 spiro atoms. The van der Waals surface area contributed by atoms with Gasteiger partial charge in [-0.15, -0.1) is 0 Å². The Morgan fingerprint density at radius 2 is 2.30 bits per heavy atom. The van der Waals surface area contributed by atoms with Crippen LogP contribution in [0.3, 0.4) is 0 Å². The Kier molecular flexibility index (Phi) is 3.80. The summed E-state index contributed by atoms with van der Waals surface area (Å²) >= 11 is 5.77.